The lowest BCUT2D eigenvalue weighted by Gasteiger charge is -2.15. The predicted molar refractivity (Wildman–Crippen MR) is 86.6 cm³/mol. The molecule has 1 aromatic heterocycles. The number of hydrogen-bond donors (Lipinski definition) is 1. The largest absolute Gasteiger partial charge is 0.352 e. The minimum Gasteiger partial charge on any atom is -0.352 e. The summed E-state index contributed by atoms with van der Waals surface area (Å²) in [5.41, 5.74) is 0. The Morgan fingerprint density at radius 2 is 1.80 bits per heavy atom. The molecule has 112 valence electrons. The zero-order chi connectivity index (χ0) is 14.5. The third-order valence-corrected chi connectivity index (χ3v) is 6.27. The molecule has 0 spiro atoms. The van der Waals surface area contributed by atoms with E-state index in [0.717, 1.165) is 21.5 Å². The van der Waals surface area contributed by atoms with Crippen molar-refractivity contribution in [3.63, 3.8) is 0 Å². The molecule has 0 aliphatic heterocycles. The van der Waals surface area contributed by atoms with E-state index in [2.05, 4.69) is 29.4 Å². The molecule has 0 radical (unpaired) electrons. The van der Waals surface area contributed by atoms with Crippen LogP contribution in [0.15, 0.2) is 8.68 Å². The number of rotatable bonds is 6. The van der Waals surface area contributed by atoms with E-state index in [0.29, 0.717) is 11.3 Å². The van der Waals surface area contributed by atoms with Crippen LogP contribution < -0.4 is 5.32 Å². The van der Waals surface area contributed by atoms with Crippen LogP contribution in [-0.2, 0) is 4.79 Å². The lowest BCUT2D eigenvalue weighted by Crippen LogP contribution is -2.37. The maximum Gasteiger partial charge on any atom is 0.233 e. The van der Waals surface area contributed by atoms with E-state index < -0.39 is 0 Å². The van der Waals surface area contributed by atoms with Crippen LogP contribution in [0.5, 0.6) is 0 Å². The Morgan fingerprint density at radius 1 is 1.20 bits per heavy atom. The van der Waals surface area contributed by atoms with Crippen LogP contribution in [0.3, 0.4) is 0 Å². The molecule has 0 bridgehead atoms. The van der Waals surface area contributed by atoms with Crippen molar-refractivity contribution >= 4 is 40.8 Å². The van der Waals surface area contributed by atoms with E-state index >= 15 is 0 Å². The summed E-state index contributed by atoms with van der Waals surface area (Å²) in [6, 6.07) is 0.382. The molecule has 1 fully saturated rings. The van der Waals surface area contributed by atoms with Crippen molar-refractivity contribution in [1.82, 2.24) is 15.5 Å². The van der Waals surface area contributed by atoms with Gasteiger partial charge in [-0.15, -0.1) is 10.2 Å². The molecule has 0 aromatic carbocycles. The summed E-state index contributed by atoms with van der Waals surface area (Å²) in [5.74, 6) is 0.121. The third-order valence-electron chi connectivity index (χ3n) is 3.07. The van der Waals surface area contributed by atoms with Crippen molar-refractivity contribution in [3.05, 3.63) is 0 Å². The maximum absolute atomic E-state index is 12.1. The molecular formula is C13H21N3OS3. The topological polar surface area (TPSA) is 54.9 Å². The molecule has 7 heteroatoms. The highest BCUT2D eigenvalue weighted by atomic mass is 32.2. The molecule has 1 amide bonds. The monoisotopic (exact) mass is 331 g/mol. The van der Waals surface area contributed by atoms with Crippen molar-refractivity contribution in [2.75, 3.05) is 0 Å². The summed E-state index contributed by atoms with van der Waals surface area (Å²) in [4.78, 5) is 12.1. The zero-order valence-electron chi connectivity index (χ0n) is 12.1. The standard InChI is InChI=1S/C13H21N3OS3/c1-8(2)18-12-15-16-13(20-12)19-9(3)11(17)14-10-6-4-5-7-10/h8-10H,4-7H2,1-3H3,(H,14,17)/t9-/m1/s1. The van der Waals surface area contributed by atoms with Crippen LogP contribution in [0.2, 0.25) is 0 Å². The van der Waals surface area contributed by atoms with Crippen LogP contribution in [0, 0.1) is 0 Å². The van der Waals surface area contributed by atoms with Gasteiger partial charge in [0, 0.05) is 11.3 Å². The molecule has 0 saturated heterocycles. The molecule has 2 rings (SSSR count). The van der Waals surface area contributed by atoms with Gasteiger partial charge in [0.2, 0.25) is 5.91 Å². The van der Waals surface area contributed by atoms with E-state index in [4.69, 9.17) is 0 Å². The normalized spacial score (nSPS) is 17.6. The Bertz CT molecular complexity index is 444. The molecule has 1 N–H and O–H groups in total. The Kier molecular flexibility index (Phi) is 6.17. The van der Waals surface area contributed by atoms with Crippen molar-refractivity contribution in [3.8, 4) is 0 Å². The second-order valence-electron chi connectivity index (χ2n) is 5.25. The van der Waals surface area contributed by atoms with Gasteiger partial charge < -0.3 is 5.32 Å². The van der Waals surface area contributed by atoms with Crippen LogP contribution in [0.1, 0.15) is 46.5 Å². The number of carbonyl (C=O) groups excluding carboxylic acids is 1. The minimum atomic E-state index is -0.111. The zero-order valence-corrected chi connectivity index (χ0v) is 14.5. The number of amides is 1. The molecule has 1 saturated carbocycles. The quantitative estimate of drug-likeness (QED) is 0.808. The fourth-order valence-electron chi connectivity index (χ4n) is 2.09. The first-order valence-electron chi connectivity index (χ1n) is 7.02. The smallest absolute Gasteiger partial charge is 0.233 e. The minimum absolute atomic E-state index is 0.111. The number of thioether (sulfide) groups is 2. The van der Waals surface area contributed by atoms with Crippen LogP contribution in [0.25, 0.3) is 0 Å². The average Bonchev–Trinajstić information content (AvgIpc) is 3.00. The molecule has 1 aliphatic rings. The lowest BCUT2D eigenvalue weighted by molar-refractivity contribution is -0.120. The summed E-state index contributed by atoms with van der Waals surface area (Å²) in [5, 5.41) is 11.8. The SMILES string of the molecule is CC(C)Sc1nnc(S[C@H](C)C(=O)NC2CCCC2)s1. The third kappa shape index (κ3) is 4.93. The van der Waals surface area contributed by atoms with Gasteiger partial charge >= 0.3 is 0 Å². The summed E-state index contributed by atoms with van der Waals surface area (Å²) >= 11 is 4.79. The van der Waals surface area contributed by atoms with Gasteiger partial charge in [-0.05, 0) is 19.8 Å². The van der Waals surface area contributed by atoms with E-state index in [-0.39, 0.29) is 11.2 Å². The second-order valence-corrected chi connectivity index (χ2v) is 9.64. The number of hydrogen-bond acceptors (Lipinski definition) is 6. The molecule has 20 heavy (non-hydrogen) atoms. The Labute approximate surface area is 132 Å². The fourth-order valence-corrected chi connectivity index (χ4v) is 5.48. The highest BCUT2D eigenvalue weighted by molar-refractivity contribution is 8.04. The molecule has 4 nitrogen and oxygen atoms in total. The van der Waals surface area contributed by atoms with Crippen LogP contribution in [0.4, 0.5) is 0 Å². The Morgan fingerprint density at radius 3 is 2.40 bits per heavy atom. The van der Waals surface area contributed by atoms with Gasteiger partial charge in [0.1, 0.15) is 0 Å². The number of aromatic nitrogens is 2. The van der Waals surface area contributed by atoms with Crippen molar-refractivity contribution in [1.29, 1.82) is 0 Å². The summed E-state index contributed by atoms with van der Waals surface area (Å²) in [7, 11) is 0. The van der Waals surface area contributed by atoms with Gasteiger partial charge in [0.15, 0.2) is 8.68 Å². The van der Waals surface area contributed by atoms with Gasteiger partial charge in [0.25, 0.3) is 0 Å². The van der Waals surface area contributed by atoms with Gasteiger partial charge in [-0.2, -0.15) is 0 Å². The predicted octanol–water partition coefficient (Wildman–Crippen LogP) is 3.58. The number of carbonyl (C=O) groups is 1. The molecular weight excluding hydrogens is 310 g/mol. The van der Waals surface area contributed by atoms with Gasteiger partial charge in [-0.25, -0.2) is 0 Å². The van der Waals surface area contributed by atoms with Gasteiger partial charge in [0.05, 0.1) is 5.25 Å². The van der Waals surface area contributed by atoms with Crippen molar-refractivity contribution in [2.24, 2.45) is 0 Å². The number of nitrogens with one attached hydrogen (secondary N) is 1. The first kappa shape index (κ1) is 16.1. The van der Waals surface area contributed by atoms with Gasteiger partial charge in [-0.1, -0.05) is 61.5 Å². The van der Waals surface area contributed by atoms with Crippen LogP contribution in [-0.4, -0.2) is 32.6 Å². The van der Waals surface area contributed by atoms with E-state index in [1.165, 1.54) is 24.6 Å². The van der Waals surface area contributed by atoms with E-state index in [9.17, 15) is 4.79 Å². The molecule has 0 unspecified atom stereocenters. The number of nitrogens with zero attached hydrogens (tertiary/aromatic N) is 2. The Hall–Kier alpha value is -0.270. The first-order valence-corrected chi connectivity index (χ1v) is 9.59. The first-order chi connectivity index (χ1) is 9.54. The highest BCUT2D eigenvalue weighted by Gasteiger charge is 2.22. The van der Waals surface area contributed by atoms with Crippen molar-refractivity contribution < 1.29 is 4.79 Å². The summed E-state index contributed by atoms with van der Waals surface area (Å²) in [6.07, 6.45) is 4.71. The maximum atomic E-state index is 12.1. The lowest BCUT2D eigenvalue weighted by atomic mass is 10.2. The molecule has 1 heterocycles. The second kappa shape index (κ2) is 7.66. The molecule has 1 atom stereocenters. The van der Waals surface area contributed by atoms with E-state index in [1.54, 1.807) is 23.1 Å². The van der Waals surface area contributed by atoms with Gasteiger partial charge in [-0.3, -0.25) is 4.79 Å². The molecule has 1 aliphatic carbocycles. The van der Waals surface area contributed by atoms with Crippen molar-refractivity contribution in [2.45, 2.75) is 71.7 Å². The summed E-state index contributed by atoms with van der Waals surface area (Å²) < 4.78 is 1.85. The van der Waals surface area contributed by atoms with Crippen LogP contribution >= 0.6 is 34.9 Å². The van der Waals surface area contributed by atoms with E-state index in [1.807, 2.05) is 6.92 Å². The average molecular weight is 332 g/mol. The highest BCUT2D eigenvalue weighted by Crippen LogP contribution is 2.33. The fraction of sp³-hybridized carbons (Fsp3) is 0.769. The summed E-state index contributed by atoms with van der Waals surface area (Å²) in [6.45, 7) is 6.21. The Balaban J connectivity index is 1.82. The molecule has 1 aromatic rings.